The zero-order chi connectivity index (χ0) is 31.2. The van der Waals surface area contributed by atoms with Gasteiger partial charge in [-0.2, -0.15) is 0 Å². The molecule has 9 rings (SSSR count). The third-order valence-electron chi connectivity index (χ3n) is 8.45. The van der Waals surface area contributed by atoms with Crippen molar-refractivity contribution in [2.24, 2.45) is 22.6 Å². The molecule has 1 saturated heterocycles. The van der Waals surface area contributed by atoms with Gasteiger partial charge in [-0.1, -0.05) is 72.8 Å². The van der Waals surface area contributed by atoms with Gasteiger partial charge in [-0.3, -0.25) is 15.0 Å². The molecule has 220 valence electrons. The van der Waals surface area contributed by atoms with Crippen LogP contribution in [0.4, 0.5) is 0 Å². The number of fused-ring (bicyclic) bond motifs is 6. The highest BCUT2D eigenvalue weighted by Gasteiger charge is 2.46. The van der Waals surface area contributed by atoms with E-state index < -0.39 is 11.9 Å². The Kier molecular flexibility index (Phi) is 6.78. The van der Waals surface area contributed by atoms with Crippen LogP contribution in [0.1, 0.15) is 43.0 Å². The molecular formula is C36H25N3O6. The summed E-state index contributed by atoms with van der Waals surface area (Å²) in [6.45, 7) is 0. The van der Waals surface area contributed by atoms with Crippen molar-refractivity contribution in [1.82, 2.24) is 0 Å². The van der Waals surface area contributed by atoms with Gasteiger partial charge < -0.3 is 15.2 Å². The van der Waals surface area contributed by atoms with Crippen molar-refractivity contribution in [2.75, 3.05) is 0 Å². The number of rotatable bonds is 0. The van der Waals surface area contributed by atoms with Crippen LogP contribution in [0, 0.1) is 17.2 Å². The predicted octanol–water partition coefficient (Wildman–Crippen LogP) is 5.14. The molecule has 45 heavy (non-hydrogen) atoms. The number of hydrogen-bond donors (Lipinski definition) is 2. The number of hydrogen-bond acceptors (Lipinski definition) is 8. The van der Waals surface area contributed by atoms with Gasteiger partial charge >= 0.3 is 23.9 Å². The smallest absolute Gasteiger partial charge is 0.346 e. The number of amidine groups is 2. The van der Waals surface area contributed by atoms with E-state index in [1.807, 2.05) is 84.9 Å². The van der Waals surface area contributed by atoms with Gasteiger partial charge in [0.2, 0.25) is 0 Å². The molecule has 3 heterocycles. The first kappa shape index (κ1) is 27.8. The second-order valence-electron chi connectivity index (χ2n) is 11.1. The molecule has 4 aliphatic rings. The summed E-state index contributed by atoms with van der Waals surface area (Å²) in [5, 5.41) is 11.8. The Hall–Kier alpha value is -5.96. The molecule has 0 saturated carbocycles. The first-order valence-electron chi connectivity index (χ1n) is 14.3. The zero-order valence-electron chi connectivity index (χ0n) is 23.8. The van der Waals surface area contributed by atoms with Gasteiger partial charge in [0.25, 0.3) is 0 Å². The van der Waals surface area contributed by atoms with Crippen LogP contribution < -0.4 is 5.73 Å². The molecule has 3 N–H and O–H groups in total. The Morgan fingerprint density at radius 3 is 1.44 bits per heavy atom. The van der Waals surface area contributed by atoms with Crippen molar-refractivity contribution in [3.63, 3.8) is 0 Å². The Balaban J connectivity index is 0.000000108. The molecule has 2 atom stereocenters. The first-order valence-corrected chi connectivity index (χ1v) is 14.3. The minimum absolute atomic E-state index is 0.243. The van der Waals surface area contributed by atoms with Gasteiger partial charge in [0.05, 0.1) is 23.0 Å². The Bertz CT molecular complexity index is 2030. The number of carbonyl (C=O) groups excluding carboxylic acids is 4. The fourth-order valence-corrected chi connectivity index (χ4v) is 6.12. The van der Waals surface area contributed by atoms with Crippen molar-refractivity contribution in [3.05, 3.63) is 130 Å². The third kappa shape index (κ3) is 5.04. The largest absolute Gasteiger partial charge is 0.393 e. The molecular weight excluding hydrogens is 570 g/mol. The molecule has 1 fully saturated rings. The number of benzene rings is 5. The first-order chi connectivity index (χ1) is 21.8. The van der Waals surface area contributed by atoms with Crippen LogP contribution in [0.2, 0.25) is 0 Å². The summed E-state index contributed by atoms with van der Waals surface area (Å²) in [7, 11) is 0. The molecule has 0 radical (unpaired) electrons. The number of esters is 4. The number of ether oxygens (including phenoxy) is 2. The molecule has 2 unspecified atom stereocenters. The molecule has 0 amide bonds. The predicted molar refractivity (Wildman–Crippen MR) is 167 cm³/mol. The van der Waals surface area contributed by atoms with Crippen LogP contribution in [-0.2, 0) is 31.9 Å². The average molecular weight is 596 g/mol. The molecule has 0 bridgehead atoms. The lowest BCUT2D eigenvalue weighted by atomic mass is 9.77. The van der Waals surface area contributed by atoms with Crippen molar-refractivity contribution in [3.8, 4) is 0 Å². The molecule has 5 aromatic carbocycles. The summed E-state index contributed by atoms with van der Waals surface area (Å²) in [5.41, 5.74) is 10.5. The fourth-order valence-electron chi connectivity index (χ4n) is 6.12. The minimum atomic E-state index is -0.555. The normalized spacial score (nSPS) is 18.8. The Morgan fingerprint density at radius 1 is 0.578 bits per heavy atom. The highest BCUT2D eigenvalue weighted by Crippen LogP contribution is 2.36. The van der Waals surface area contributed by atoms with Gasteiger partial charge in [-0.05, 0) is 69.8 Å². The van der Waals surface area contributed by atoms with E-state index in [2.05, 4.69) is 14.5 Å². The van der Waals surface area contributed by atoms with E-state index >= 15 is 0 Å². The maximum Gasteiger partial charge on any atom is 0.346 e. The summed E-state index contributed by atoms with van der Waals surface area (Å²) < 4.78 is 9.19. The number of cyclic esters (lactones) is 4. The van der Waals surface area contributed by atoms with E-state index in [0.717, 1.165) is 32.7 Å². The lowest BCUT2D eigenvalue weighted by molar-refractivity contribution is -0.153. The second-order valence-corrected chi connectivity index (χ2v) is 11.1. The maximum absolute atomic E-state index is 11.4. The summed E-state index contributed by atoms with van der Waals surface area (Å²) in [6.07, 6.45) is 1.29. The van der Waals surface area contributed by atoms with Gasteiger partial charge in [0, 0.05) is 11.1 Å². The van der Waals surface area contributed by atoms with Gasteiger partial charge in [-0.15, -0.1) is 0 Å². The lowest BCUT2D eigenvalue weighted by Gasteiger charge is -2.22. The molecule has 9 nitrogen and oxygen atoms in total. The van der Waals surface area contributed by atoms with E-state index in [0.29, 0.717) is 29.8 Å². The topological polar surface area (TPSA) is 149 Å². The quantitative estimate of drug-likeness (QED) is 0.186. The average Bonchev–Trinajstić information content (AvgIpc) is 3.61. The molecule has 1 aliphatic carbocycles. The monoisotopic (exact) mass is 595 g/mol. The van der Waals surface area contributed by atoms with Crippen molar-refractivity contribution < 1.29 is 28.7 Å². The lowest BCUT2D eigenvalue weighted by Crippen LogP contribution is -2.27. The van der Waals surface area contributed by atoms with Crippen LogP contribution in [0.3, 0.4) is 0 Å². The van der Waals surface area contributed by atoms with E-state index in [1.54, 1.807) is 12.1 Å². The molecule has 3 aliphatic heterocycles. The summed E-state index contributed by atoms with van der Waals surface area (Å²) >= 11 is 0. The van der Waals surface area contributed by atoms with E-state index in [-0.39, 0.29) is 29.6 Å². The SMILES string of the molecule is N=C1N=C(N)c2cc3ccccc3cc21.O=C1OC(=O)C2Cc3ccccc3CC12.O=C1OC(=O)c2cc3ccccc3cc21. The number of carbonyl (C=O) groups is 4. The van der Waals surface area contributed by atoms with E-state index in [9.17, 15) is 19.2 Å². The molecule has 0 spiro atoms. The van der Waals surface area contributed by atoms with Crippen LogP contribution in [0.15, 0.2) is 102 Å². The summed E-state index contributed by atoms with van der Waals surface area (Å²) in [5.74, 6) is -1.59. The van der Waals surface area contributed by atoms with E-state index in [1.165, 1.54) is 11.1 Å². The Labute approximate surface area is 256 Å². The fraction of sp³-hybridized carbons (Fsp3) is 0.111. The minimum Gasteiger partial charge on any atom is -0.393 e. The summed E-state index contributed by atoms with van der Waals surface area (Å²) in [4.78, 5) is 49.3. The second kappa shape index (κ2) is 10.9. The van der Waals surface area contributed by atoms with Gasteiger partial charge in [0.1, 0.15) is 5.84 Å². The van der Waals surface area contributed by atoms with Crippen LogP contribution in [0.25, 0.3) is 21.5 Å². The highest BCUT2D eigenvalue weighted by molar-refractivity contribution is 6.22. The van der Waals surface area contributed by atoms with Crippen molar-refractivity contribution in [2.45, 2.75) is 12.8 Å². The standard InChI is InChI=1S/C12H9N3.C12H10O3.C12H6O3/c3*13-11-9-5-7-3-1-2-4-8(7)6-10(9)12(14)15-11/h1-6H,(H3,13,14,15);1-4,9-10H,5-6H2;1-6H. The zero-order valence-corrected chi connectivity index (χ0v) is 23.8. The number of nitrogens with one attached hydrogen (secondary N) is 1. The van der Waals surface area contributed by atoms with Gasteiger partial charge in [-0.25, -0.2) is 14.6 Å². The Morgan fingerprint density at radius 2 is 0.978 bits per heavy atom. The molecule has 0 aromatic heterocycles. The third-order valence-corrected chi connectivity index (χ3v) is 8.45. The number of aliphatic imine (C=N–C) groups is 1. The van der Waals surface area contributed by atoms with Gasteiger partial charge in [0.15, 0.2) is 5.84 Å². The maximum atomic E-state index is 11.4. The van der Waals surface area contributed by atoms with E-state index in [4.69, 9.17) is 11.1 Å². The summed E-state index contributed by atoms with van der Waals surface area (Å²) in [6, 6.07) is 30.9. The van der Waals surface area contributed by atoms with Crippen LogP contribution >= 0.6 is 0 Å². The highest BCUT2D eigenvalue weighted by atomic mass is 16.6. The van der Waals surface area contributed by atoms with Crippen molar-refractivity contribution in [1.29, 1.82) is 5.41 Å². The molecule has 5 aromatic rings. The number of nitrogens with zero attached hydrogens (tertiary/aromatic N) is 1. The molecule has 9 heteroatoms. The van der Waals surface area contributed by atoms with Crippen LogP contribution in [-0.4, -0.2) is 35.5 Å². The number of nitrogens with two attached hydrogens (primary N) is 1. The van der Waals surface area contributed by atoms with Crippen molar-refractivity contribution >= 4 is 57.1 Å². The van der Waals surface area contributed by atoms with Crippen LogP contribution in [0.5, 0.6) is 0 Å².